The fraction of sp³-hybridized carbons (Fsp3) is 0.296. The standard InChI is InChI=1S/C27H29N5O2/c1-34-26-7-6-23(21-3-2-12-29-18-21)30-24(26)11-15-31-13-9-22(10-14-31)32-16-8-19-4-5-20(27(28)33)17-25(19)32/h2-8,12,16-18,22H,9-11,13-15H2,1H3,(H2,28,33). The molecule has 1 aromatic carbocycles. The first-order chi connectivity index (χ1) is 16.6. The Labute approximate surface area is 199 Å². The van der Waals surface area contributed by atoms with Crippen molar-refractivity contribution in [3.63, 3.8) is 0 Å². The van der Waals surface area contributed by atoms with Gasteiger partial charge in [0.1, 0.15) is 5.75 Å². The SMILES string of the molecule is COc1ccc(-c2cccnc2)nc1CCN1CCC(n2ccc3ccc(C(N)=O)cc32)CC1. The van der Waals surface area contributed by atoms with E-state index in [0.717, 1.165) is 72.5 Å². The first kappa shape index (κ1) is 22.1. The number of hydrogen-bond acceptors (Lipinski definition) is 5. The fourth-order valence-corrected chi connectivity index (χ4v) is 4.83. The average Bonchev–Trinajstić information content (AvgIpc) is 3.31. The second kappa shape index (κ2) is 9.65. The van der Waals surface area contributed by atoms with Gasteiger partial charge in [-0.1, -0.05) is 6.07 Å². The molecule has 0 bridgehead atoms. The fourth-order valence-electron chi connectivity index (χ4n) is 4.83. The lowest BCUT2D eigenvalue weighted by atomic mass is 10.0. The largest absolute Gasteiger partial charge is 0.495 e. The third-order valence-electron chi connectivity index (χ3n) is 6.73. The lowest BCUT2D eigenvalue weighted by Crippen LogP contribution is -2.36. The van der Waals surface area contributed by atoms with Crippen LogP contribution in [0.3, 0.4) is 0 Å². The summed E-state index contributed by atoms with van der Waals surface area (Å²) in [5.41, 5.74) is 10.0. The van der Waals surface area contributed by atoms with Crippen LogP contribution in [0.1, 0.15) is 34.9 Å². The molecule has 0 spiro atoms. The van der Waals surface area contributed by atoms with Crippen LogP contribution in [-0.4, -0.2) is 52.1 Å². The van der Waals surface area contributed by atoms with Crippen LogP contribution in [0.2, 0.25) is 0 Å². The molecule has 1 amide bonds. The van der Waals surface area contributed by atoms with Gasteiger partial charge in [-0.05, 0) is 60.7 Å². The molecular weight excluding hydrogens is 426 g/mol. The Morgan fingerprint density at radius 2 is 2.00 bits per heavy atom. The molecule has 0 aliphatic carbocycles. The molecule has 2 N–H and O–H groups in total. The van der Waals surface area contributed by atoms with Crippen molar-refractivity contribution in [2.75, 3.05) is 26.7 Å². The van der Waals surface area contributed by atoms with E-state index in [-0.39, 0.29) is 5.91 Å². The molecule has 4 heterocycles. The number of nitrogens with zero attached hydrogens (tertiary/aromatic N) is 4. The van der Waals surface area contributed by atoms with Gasteiger partial charge < -0.3 is 19.9 Å². The number of hydrogen-bond donors (Lipinski definition) is 1. The first-order valence-electron chi connectivity index (χ1n) is 11.7. The van der Waals surface area contributed by atoms with E-state index in [9.17, 15) is 4.79 Å². The molecule has 0 unspecified atom stereocenters. The predicted molar refractivity (Wildman–Crippen MR) is 133 cm³/mol. The molecule has 7 heteroatoms. The number of pyridine rings is 2. The molecule has 1 fully saturated rings. The van der Waals surface area contributed by atoms with Gasteiger partial charge in [0.2, 0.25) is 5.91 Å². The summed E-state index contributed by atoms with van der Waals surface area (Å²) in [6.07, 6.45) is 8.69. The minimum absolute atomic E-state index is 0.388. The molecule has 174 valence electrons. The lowest BCUT2D eigenvalue weighted by molar-refractivity contribution is 0.100. The average molecular weight is 456 g/mol. The minimum Gasteiger partial charge on any atom is -0.495 e. The predicted octanol–water partition coefficient (Wildman–Crippen LogP) is 4.09. The molecule has 1 aliphatic rings. The molecule has 1 aliphatic heterocycles. The summed E-state index contributed by atoms with van der Waals surface area (Å²) >= 11 is 0. The smallest absolute Gasteiger partial charge is 0.248 e. The number of likely N-dealkylation sites (tertiary alicyclic amines) is 1. The van der Waals surface area contributed by atoms with Crippen LogP contribution in [0.15, 0.2) is 67.1 Å². The number of methoxy groups -OCH3 is 1. The summed E-state index contributed by atoms with van der Waals surface area (Å²) in [5.74, 6) is 0.438. The van der Waals surface area contributed by atoms with Crippen molar-refractivity contribution < 1.29 is 9.53 Å². The van der Waals surface area contributed by atoms with Crippen LogP contribution in [0.5, 0.6) is 5.75 Å². The summed E-state index contributed by atoms with van der Waals surface area (Å²) in [4.78, 5) is 23.2. The third kappa shape index (κ3) is 4.52. The minimum atomic E-state index is -0.388. The van der Waals surface area contributed by atoms with Crippen LogP contribution in [-0.2, 0) is 6.42 Å². The van der Waals surface area contributed by atoms with Gasteiger partial charge in [-0.25, -0.2) is 4.98 Å². The Balaban J connectivity index is 1.24. The number of primary amides is 1. The highest BCUT2D eigenvalue weighted by Crippen LogP contribution is 2.29. The zero-order valence-electron chi connectivity index (χ0n) is 19.4. The number of ether oxygens (including phenoxy) is 1. The monoisotopic (exact) mass is 455 g/mol. The number of rotatable bonds is 7. The molecule has 4 aromatic rings. The summed E-state index contributed by atoms with van der Waals surface area (Å²) in [6.45, 7) is 2.97. The molecule has 7 nitrogen and oxygen atoms in total. The van der Waals surface area contributed by atoms with E-state index in [1.54, 1.807) is 19.4 Å². The number of piperidine rings is 1. The maximum Gasteiger partial charge on any atom is 0.248 e. The number of carbonyl (C=O) groups is 1. The highest BCUT2D eigenvalue weighted by atomic mass is 16.5. The summed E-state index contributed by atoms with van der Waals surface area (Å²) in [7, 11) is 1.70. The van der Waals surface area contributed by atoms with Crippen molar-refractivity contribution >= 4 is 16.8 Å². The van der Waals surface area contributed by atoms with E-state index < -0.39 is 0 Å². The van der Waals surface area contributed by atoms with E-state index >= 15 is 0 Å². The molecule has 34 heavy (non-hydrogen) atoms. The van der Waals surface area contributed by atoms with E-state index in [4.69, 9.17) is 15.5 Å². The Hall–Kier alpha value is -3.71. The normalized spacial score (nSPS) is 15.0. The quantitative estimate of drug-likeness (QED) is 0.454. The number of nitrogens with two attached hydrogens (primary N) is 1. The molecule has 5 rings (SSSR count). The van der Waals surface area contributed by atoms with Crippen molar-refractivity contribution in [1.29, 1.82) is 0 Å². The van der Waals surface area contributed by atoms with E-state index in [1.807, 2.05) is 42.6 Å². The van der Waals surface area contributed by atoms with Gasteiger partial charge in [-0.15, -0.1) is 0 Å². The number of benzene rings is 1. The summed E-state index contributed by atoms with van der Waals surface area (Å²) in [6, 6.07) is 16.1. The third-order valence-corrected chi connectivity index (χ3v) is 6.73. The highest BCUT2D eigenvalue weighted by molar-refractivity contribution is 5.97. The van der Waals surface area contributed by atoms with Gasteiger partial charge in [-0.3, -0.25) is 9.78 Å². The lowest BCUT2D eigenvalue weighted by Gasteiger charge is -2.33. The molecule has 1 saturated heterocycles. The Bertz CT molecular complexity index is 1290. The van der Waals surface area contributed by atoms with Crippen molar-refractivity contribution in [2.45, 2.75) is 25.3 Å². The van der Waals surface area contributed by atoms with Gasteiger partial charge in [0.25, 0.3) is 0 Å². The first-order valence-corrected chi connectivity index (χ1v) is 11.7. The van der Waals surface area contributed by atoms with Crippen molar-refractivity contribution in [1.82, 2.24) is 19.4 Å². The second-order valence-electron chi connectivity index (χ2n) is 8.77. The topological polar surface area (TPSA) is 86.3 Å². The number of fused-ring (bicyclic) bond motifs is 1. The molecule has 3 aromatic heterocycles. The zero-order chi connectivity index (χ0) is 23.5. The Kier molecular flexibility index (Phi) is 6.27. The van der Waals surface area contributed by atoms with E-state index in [2.05, 4.69) is 26.7 Å². The van der Waals surface area contributed by atoms with Crippen molar-refractivity contribution in [3.05, 3.63) is 78.4 Å². The van der Waals surface area contributed by atoms with Gasteiger partial charge in [-0.2, -0.15) is 0 Å². The summed E-state index contributed by atoms with van der Waals surface area (Å²) in [5, 5.41) is 1.14. The van der Waals surface area contributed by atoms with Crippen LogP contribution in [0, 0.1) is 0 Å². The molecule has 0 atom stereocenters. The maximum atomic E-state index is 11.6. The van der Waals surface area contributed by atoms with Gasteiger partial charge in [0, 0.05) is 67.3 Å². The van der Waals surface area contributed by atoms with Crippen LogP contribution in [0.25, 0.3) is 22.2 Å². The maximum absolute atomic E-state index is 11.6. The number of amides is 1. The molecule has 0 radical (unpaired) electrons. The number of aromatic nitrogens is 3. The van der Waals surface area contributed by atoms with Crippen LogP contribution < -0.4 is 10.5 Å². The van der Waals surface area contributed by atoms with Gasteiger partial charge in [0.15, 0.2) is 0 Å². The Morgan fingerprint density at radius 3 is 2.74 bits per heavy atom. The molecular formula is C27H29N5O2. The van der Waals surface area contributed by atoms with Crippen molar-refractivity contribution in [2.24, 2.45) is 5.73 Å². The number of carbonyl (C=O) groups excluding carboxylic acids is 1. The van der Waals surface area contributed by atoms with Crippen molar-refractivity contribution in [3.8, 4) is 17.0 Å². The molecule has 0 saturated carbocycles. The van der Waals surface area contributed by atoms with Gasteiger partial charge >= 0.3 is 0 Å². The summed E-state index contributed by atoms with van der Waals surface area (Å²) < 4.78 is 7.88. The highest BCUT2D eigenvalue weighted by Gasteiger charge is 2.22. The van der Waals surface area contributed by atoms with Gasteiger partial charge in [0.05, 0.1) is 18.5 Å². The van der Waals surface area contributed by atoms with E-state index in [1.165, 1.54) is 0 Å². The zero-order valence-corrected chi connectivity index (χ0v) is 19.4. The second-order valence-corrected chi connectivity index (χ2v) is 8.77. The Morgan fingerprint density at radius 1 is 1.15 bits per heavy atom. The van der Waals surface area contributed by atoms with E-state index in [0.29, 0.717) is 11.6 Å². The van der Waals surface area contributed by atoms with Crippen LogP contribution >= 0.6 is 0 Å². The van der Waals surface area contributed by atoms with Crippen LogP contribution in [0.4, 0.5) is 0 Å².